The van der Waals surface area contributed by atoms with Gasteiger partial charge in [0.2, 0.25) is 5.91 Å². The third-order valence-corrected chi connectivity index (χ3v) is 3.68. The maximum Gasteiger partial charge on any atom is 0.244 e. The number of aryl methyl sites for hydroxylation is 1. The minimum absolute atomic E-state index is 0.000923. The lowest BCUT2D eigenvalue weighted by atomic mass is 10.0. The van der Waals surface area contributed by atoms with Crippen LogP contribution in [-0.4, -0.2) is 36.6 Å². The summed E-state index contributed by atoms with van der Waals surface area (Å²) in [6.07, 6.45) is 0.895. The molecule has 1 aromatic rings. The third kappa shape index (κ3) is 3.14. The molecular formula is C15H22N2O2. The second kappa shape index (κ2) is 6.17. The monoisotopic (exact) mass is 262 g/mol. The smallest absolute Gasteiger partial charge is 0.244 e. The molecule has 1 aliphatic heterocycles. The number of benzene rings is 1. The SMILES string of the molecule is CCC1COCCN1C(=O)C(N)c1ccc(C)cc1. The number of carbonyl (C=O) groups excluding carboxylic acids is 1. The first kappa shape index (κ1) is 14.0. The van der Waals surface area contributed by atoms with E-state index in [0.717, 1.165) is 12.0 Å². The van der Waals surface area contributed by atoms with Crippen molar-refractivity contribution in [2.45, 2.75) is 32.4 Å². The lowest BCUT2D eigenvalue weighted by molar-refractivity contribution is -0.141. The van der Waals surface area contributed by atoms with Gasteiger partial charge in [-0.05, 0) is 18.9 Å². The molecule has 2 N–H and O–H groups in total. The van der Waals surface area contributed by atoms with Gasteiger partial charge in [0, 0.05) is 6.54 Å². The second-order valence-corrected chi connectivity index (χ2v) is 5.06. The average molecular weight is 262 g/mol. The first-order valence-electron chi connectivity index (χ1n) is 6.84. The van der Waals surface area contributed by atoms with Crippen LogP contribution in [0.25, 0.3) is 0 Å². The molecule has 104 valence electrons. The van der Waals surface area contributed by atoms with E-state index in [1.165, 1.54) is 5.56 Å². The Morgan fingerprint density at radius 2 is 2.16 bits per heavy atom. The average Bonchev–Trinajstić information content (AvgIpc) is 2.46. The number of ether oxygens (including phenoxy) is 1. The Bertz CT molecular complexity index is 430. The van der Waals surface area contributed by atoms with Crippen LogP contribution >= 0.6 is 0 Å². The van der Waals surface area contributed by atoms with Gasteiger partial charge in [-0.15, -0.1) is 0 Å². The van der Waals surface area contributed by atoms with Gasteiger partial charge >= 0.3 is 0 Å². The molecule has 0 saturated carbocycles. The molecule has 1 saturated heterocycles. The third-order valence-electron chi connectivity index (χ3n) is 3.68. The van der Waals surface area contributed by atoms with E-state index in [-0.39, 0.29) is 11.9 Å². The topological polar surface area (TPSA) is 55.6 Å². The molecular weight excluding hydrogens is 240 g/mol. The molecule has 2 atom stereocenters. The van der Waals surface area contributed by atoms with Crippen molar-refractivity contribution in [1.82, 2.24) is 4.90 Å². The van der Waals surface area contributed by atoms with Crippen molar-refractivity contribution in [2.24, 2.45) is 5.73 Å². The Kier molecular flexibility index (Phi) is 4.56. The van der Waals surface area contributed by atoms with Crippen molar-refractivity contribution < 1.29 is 9.53 Å². The van der Waals surface area contributed by atoms with Crippen LogP contribution in [0.3, 0.4) is 0 Å². The lowest BCUT2D eigenvalue weighted by Gasteiger charge is -2.36. The van der Waals surface area contributed by atoms with Crippen molar-refractivity contribution in [1.29, 1.82) is 0 Å². The fraction of sp³-hybridized carbons (Fsp3) is 0.533. The molecule has 4 nitrogen and oxygen atoms in total. The normalized spacial score (nSPS) is 21.2. The zero-order valence-electron chi connectivity index (χ0n) is 11.6. The number of nitrogens with two attached hydrogens (primary N) is 1. The van der Waals surface area contributed by atoms with E-state index in [1.807, 2.05) is 36.1 Å². The van der Waals surface area contributed by atoms with E-state index in [0.29, 0.717) is 19.8 Å². The van der Waals surface area contributed by atoms with Crippen LogP contribution in [0.5, 0.6) is 0 Å². The first-order valence-corrected chi connectivity index (χ1v) is 6.84. The number of rotatable bonds is 3. The quantitative estimate of drug-likeness (QED) is 0.901. The van der Waals surface area contributed by atoms with Gasteiger partial charge in [-0.1, -0.05) is 36.8 Å². The Morgan fingerprint density at radius 3 is 2.79 bits per heavy atom. The molecule has 19 heavy (non-hydrogen) atoms. The van der Waals surface area contributed by atoms with Crippen LogP contribution in [0.2, 0.25) is 0 Å². The molecule has 1 heterocycles. The number of hydrogen-bond acceptors (Lipinski definition) is 3. The molecule has 0 aromatic heterocycles. The summed E-state index contributed by atoms with van der Waals surface area (Å²) in [5, 5.41) is 0. The maximum absolute atomic E-state index is 12.5. The maximum atomic E-state index is 12.5. The molecule has 1 aliphatic rings. The van der Waals surface area contributed by atoms with E-state index in [9.17, 15) is 4.79 Å². The summed E-state index contributed by atoms with van der Waals surface area (Å²) in [6.45, 7) is 5.94. The van der Waals surface area contributed by atoms with E-state index in [2.05, 4.69) is 6.92 Å². The van der Waals surface area contributed by atoms with Crippen molar-refractivity contribution in [3.05, 3.63) is 35.4 Å². The van der Waals surface area contributed by atoms with Gasteiger partial charge in [0.05, 0.1) is 19.3 Å². The van der Waals surface area contributed by atoms with Gasteiger partial charge < -0.3 is 15.4 Å². The van der Waals surface area contributed by atoms with Gasteiger partial charge in [-0.25, -0.2) is 0 Å². The summed E-state index contributed by atoms with van der Waals surface area (Å²) in [5.41, 5.74) is 8.14. The molecule has 2 rings (SSSR count). The zero-order valence-corrected chi connectivity index (χ0v) is 11.6. The Hall–Kier alpha value is -1.39. The Labute approximate surface area is 114 Å². The van der Waals surface area contributed by atoms with Crippen molar-refractivity contribution >= 4 is 5.91 Å². The Balaban J connectivity index is 2.11. The van der Waals surface area contributed by atoms with Crippen LogP contribution in [0.15, 0.2) is 24.3 Å². The van der Waals surface area contributed by atoms with Crippen LogP contribution in [0, 0.1) is 6.92 Å². The highest BCUT2D eigenvalue weighted by atomic mass is 16.5. The predicted molar refractivity (Wildman–Crippen MR) is 74.7 cm³/mol. The minimum Gasteiger partial charge on any atom is -0.377 e. The number of morpholine rings is 1. The fourth-order valence-corrected chi connectivity index (χ4v) is 2.38. The second-order valence-electron chi connectivity index (χ2n) is 5.06. The summed E-state index contributed by atoms with van der Waals surface area (Å²) in [4.78, 5) is 14.4. The summed E-state index contributed by atoms with van der Waals surface area (Å²) in [6, 6.07) is 7.40. The van der Waals surface area contributed by atoms with Crippen molar-refractivity contribution in [3.8, 4) is 0 Å². The summed E-state index contributed by atoms with van der Waals surface area (Å²) < 4.78 is 5.42. The number of carbonyl (C=O) groups is 1. The Morgan fingerprint density at radius 1 is 1.47 bits per heavy atom. The van der Waals surface area contributed by atoms with Crippen LogP contribution in [0.4, 0.5) is 0 Å². The molecule has 2 unspecified atom stereocenters. The van der Waals surface area contributed by atoms with Gasteiger partial charge in [0.1, 0.15) is 6.04 Å². The number of amides is 1. The zero-order chi connectivity index (χ0) is 13.8. The van der Waals surface area contributed by atoms with Gasteiger partial charge in [0.15, 0.2) is 0 Å². The molecule has 0 bridgehead atoms. The van der Waals surface area contributed by atoms with E-state index >= 15 is 0 Å². The van der Waals surface area contributed by atoms with Crippen molar-refractivity contribution in [2.75, 3.05) is 19.8 Å². The molecule has 1 aromatic carbocycles. The van der Waals surface area contributed by atoms with E-state index < -0.39 is 6.04 Å². The molecule has 0 aliphatic carbocycles. The van der Waals surface area contributed by atoms with Gasteiger partial charge in [-0.2, -0.15) is 0 Å². The van der Waals surface area contributed by atoms with Gasteiger partial charge in [0.25, 0.3) is 0 Å². The largest absolute Gasteiger partial charge is 0.377 e. The molecule has 4 heteroatoms. The van der Waals surface area contributed by atoms with Gasteiger partial charge in [-0.3, -0.25) is 4.79 Å². The molecule has 0 radical (unpaired) electrons. The fourth-order valence-electron chi connectivity index (χ4n) is 2.38. The first-order chi connectivity index (χ1) is 9.13. The standard InChI is InChI=1S/C15H22N2O2/c1-3-13-10-19-9-8-17(13)15(18)14(16)12-6-4-11(2)5-7-12/h4-7,13-14H,3,8-10,16H2,1-2H3. The van der Waals surface area contributed by atoms with Crippen LogP contribution in [-0.2, 0) is 9.53 Å². The highest BCUT2D eigenvalue weighted by Gasteiger charge is 2.29. The molecule has 1 amide bonds. The summed E-state index contributed by atoms with van der Waals surface area (Å²) in [7, 11) is 0. The number of nitrogens with zero attached hydrogens (tertiary/aromatic N) is 1. The predicted octanol–water partition coefficient (Wildman–Crippen LogP) is 1.63. The number of hydrogen-bond donors (Lipinski definition) is 1. The van der Waals surface area contributed by atoms with E-state index in [4.69, 9.17) is 10.5 Å². The molecule has 1 fully saturated rings. The summed E-state index contributed by atoms with van der Waals surface area (Å²) >= 11 is 0. The highest BCUT2D eigenvalue weighted by Crippen LogP contribution is 2.18. The van der Waals surface area contributed by atoms with E-state index in [1.54, 1.807) is 0 Å². The van der Waals surface area contributed by atoms with Crippen molar-refractivity contribution in [3.63, 3.8) is 0 Å². The summed E-state index contributed by atoms with van der Waals surface area (Å²) in [5.74, 6) is -0.000923. The lowest BCUT2D eigenvalue weighted by Crippen LogP contribution is -2.51. The van der Waals surface area contributed by atoms with Crippen LogP contribution in [0.1, 0.15) is 30.5 Å². The molecule has 0 spiro atoms. The highest BCUT2D eigenvalue weighted by molar-refractivity contribution is 5.83. The van der Waals surface area contributed by atoms with Crippen LogP contribution < -0.4 is 5.73 Å². The minimum atomic E-state index is -0.576.